The highest BCUT2D eigenvalue weighted by molar-refractivity contribution is 14.0. The summed E-state index contributed by atoms with van der Waals surface area (Å²) >= 11 is 0. The van der Waals surface area contributed by atoms with E-state index in [1.165, 1.54) is 19.2 Å². The molecule has 31 heavy (non-hydrogen) atoms. The molecule has 0 saturated carbocycles. The van der Waals surface area contributed by atoms with E-state index in [4.69, 9.17) is 4.74 Å². The van der Waals surface area contributed by atoms with Crippen molar-refractivity contribution >= 4 is 35.8 Å². The monoisotopic (exact) mass is 551 g/mol. The Balaban J connectivity index is 0.00000341. The summed E-state index contributed by atoms with van der Waals surface area (Å²) in [7, 11) is 3.03. The quantitative estimate of drug-likeness (QED) is 0.313. The first-order chi connectivity index (χ1) is 14.5. The number of alkyl halides is 2. The van der Waals surface area contributed by atoms with Crippen LogP contribution in [0.15, 0.2) is 41.5 Å². The Morgan fingerprint density at radius 3 is 2.81 bits per heavy atom. The normalized spacial score (nSPS) is 16.1. The Labute approximate surface area is 196 Å². The van der Waals surface area contributed by atoms with Crippen LogP contribution in [0.25, 0.3) is 0 Å². The van der Waals surface area contributed by atoms with Crippen molar-refractivity contribution in [3.05, 3.63) is 47.9 Å². The molecule has 1 aromatic carbocycles. The highest BCUT2D eigenvalue weighted by Gasteiger charge is 2.26. The Morgan fingerprint density at radius 1 is 1.32 bits per heavy atom. The van der Waals surface area contributed by atoms with Crippen molar-refractivity contribution in [1.82, 2.24) is 15.6 Å². The molecule has 1 fully saturated rings. The number of nitrogens with zero attached hydrogens (tertiary/aromatic N) is 3. The van der Waals surface area contributed by atoms with Gasteiger partial charge in [-0.2, -0.15) is 8.78 Å². The van der Waals surface area contributed by atoms with Gasteiger partial charge in [0.1, 0.15) is 0 Å². The van der Waals surface area contributed by atoms with Crippen molar-refractivity contribution in [3.63, 3.8) is 0 Å². The predicted octanol–water partition coefficient (Wildman–Crippen LogP) is 3.39. The Kier molecular flexibility index (Phi) is 9.46. The number of nitrogens with one attached hydrogen (secondary N) is 2. The van der Waals surface area contributed by atoms with Crippen LogP contribution in [0.4, 0.5) is 19.0 Å². The van der Waals surface area contributed by atoms with Gasteiger partial charge in [-0.05, 0) is 36.2 Å². The number of pyridine rings is 1. The van der Waals surface area contributed by atoms with Gasteiger partial charge in [0.2, 0.25) is 0 Å². The largest absolute Gasteiger partial charge is 0.493 e. The lowest BCUT2D eigenvalue weighted by atomic mass is 10.2. The van der Waals surface area contributed by atoms with E-state index in [0.29, 0.717) is 31.4 Å². The molecule has 1 aliphatic heterocycles. The van der Waals surface area contributed by atoms with Crippen LogP contribution in [0, 0.1) is 5.82 Å². The Hall–Kier alpha value is -2.44. The zero-order valence-corrected chi connectivity index (χ0v) is 19.5. The summed E-state index contributed by atoms with van der Waals surface area (Å²) in [5.41, 5.74) is 0.720. The number of benzene rings is 1. The van der Waals surface area contributed by atoms with E-state index in [9.17, 15) is 13.2 Å². The minimum atomic E-state index is -2.94. The number of rotatable bonds is 7. The number of ether oxygens (including phenoxy) is 2. The zero-order chi connectivity index (χ0) is 21.5. The van der Waals surface area contributed by atoms with Gasteiger partial charge in [0.15, 0.2) is 29.1 Å². The number of aliphatic imine (C=N–C) groups is 1. The summed E-state index contributed by atoms with van der Waals surface area (Å²) in [4.78, 5) is 10.2. The molecule has 2 heterocycles. The first kappa shape index (κ1) is 24.8. The van der Waals surface area contributed by atoms with Crippen LogP contribution in [0.3, 0.4) is 0 Å². The van der Waals surface area contributed by atoms with E-state index in [1.54, 1.807) is 31.4 Å². The van der Waals surface area contributed by atoms with Gasteiger partial charge in [-0.1, -0.05) is 6.07 Å². The van der Waals surface area contributed by atoms with Crippen molar-refractivity contribution in [2.45, 2.75) is 25.6 Å². The van der Waals surface area contributed by atoms with Gasteiger partial charge in [-0.15, -0.1) is 24.0 Å². The first-order valence-electron chi connectivity index (χ1n) is 9.44. The fourth-order valence-electron chi connectivity index (χ4n) is 3.27. The van der Waals surface area contributed by atoms with Crippen molar-refractivity contribution in [2.24, 2.45) is 4.99 Å². The summed E-state index contributed by atoms with van der Waals surface area (Å²) in [5.74, 6) is 0.750. The van der Waals surface area contributed by atoms with Gasteiger partial charge in [-0.25, -0.2) is 9.37 Å². The van der Waals surface area contributed by atoms with E-state index in [1.807, 2.05) is 4.90 Å². The third kappa shape index (κ3) is 6.77. The molecule has 0 bridgehead atoms. The number of halogens is 4. The lowest BCUT2D eigenvalue weighted by Gasteiger charge is -2.20. The molecule has 7 nitrogen and oxygen atoms in total. The number of guanidine groups is 1. The maximum Gasteiger partial charge on any atom is 0.387 e. The standard InChI is InChI=1S/C20H24F3N5O2.HI/c1-24-20(26-11-13-5-6-16(29-2)17(10-13)30-19(22)23)27-14-7-9-28(12-14)18-15(21)4-3-8-25-18;/h3-6,8,10,14,19H,7,9,11-12H2,1-2H3,(H2,24,26,27);1H. The number of hydrogen-bond acceptors (Lipinski definition) is 5. The molecule has 0 aliphatic carbocycles. The van der Waals surface area contributed by atoms with Crippen LogP contribution < -0.4 is 25.0 Å². The van der Waals surface area contributed by atoms with Crippen molar-refractivity contribution in [1.29, 1.82) is 0 Å². The minimum Gasteiger partial charge on any atom is -0.493 e. The van der Waals surface area contributed by atoms with E-state index in [2.05, 4.69) is 25.3 Å². The maximum absolute atomic E-state index is 13.9. The lowest BCUT2D eigenvalue weighted by molar-refractivity contribution is -0.0512. The number of anilines is 1. The maximum atomic E-state index is 13.9. The second-order valence-electron chi connectivity index (χ2n) is 6.67. The van der Waals surface area contributed by atoms with Gasteiger partial charge in [0.25, 0.3) is 0 Å². The molecule has 2 aromatic rings. The fourth-order valence-corrected chi connectivity index (χ4v) is 3.27. The molecule has 1 aromatic heterocycles. The average molecular weight is 551 g/mol. The molecule has 0 radical (unpaired) electrons. The molecule has 3 rings (SSSR count). The van der Waals surface area contributed by atoms with Crippen molar-refractivity contribution in [2.75, 3.05) is 32.1 Å². The van der Waals surface area contributed by atoms with Crippen molar-refractivity contribution in [3.8, 4) is 11.5 Å². The molecule has 1 saturated heterocycles. The number of methoxy groups -OCH3 is 1. The second-order valence-corrected chi connectivity index (χ2v) is 6.67. The van der Waals surface area contributed by atoms with Crippen LogP contribution in [-0.2, 0) is 6.54 Å². The smallest absolute Gasteiger partial charge is 0.387 e. The van der Waals surface area contributed by atoms with E-state index < -0.39 is 6.61 Å². The average Bonchev–Trinajstić information content (AvgIpc) is 3.19. The minimum absolute atomic E-state index is 0. The molecule has 1 aliphatic rings. The molecular formula is C20H25F3IN5O2. The third-order valence-corrected chi connectivity index (χ3v) is 4.70. The van der Waals surface area contributed by atoms with Crippen LogP contribution in [-0.4, -0.2) is 50.8 Å². The van der Waals surface area contributed by atoms with E-state index >= 15 is 0 Å². The summed E-state index contributed by atoms with van der Waals surface area (Å²) in [6, 6.07) is 7.83. The number of aromatic nitrogens is 1. The summed E-state index contributed by atoms with van der Waals surface area (Å²) in [5, 5.41) is 6.44. The van der Waals surface area contributed by atoms with E-state index in [0.717, 1.165) is 12.0 Å². The molecular weight excluding hydrogens is 526 g/mol. The predicted molar refractivity (Wildman–Crippen MR) is 123 cm³/mol. The number of hydrogen-bond donors (Lipinski definition) is 2. The molecule has 1 atom stereocenters. The topological polar surface area (TPSA) is 71.0 Å². The van der Waals surface area contributed by atoms with Crippen LogP contribution in [0.1, 0.15) is 12.0 Å². The van der Waals surface area contributed by atoms with Gasteiger partial charge in [0.05, 0.1) is 7.11 Å². The highest BCUT2D eigenvalue weighted by atomic mass is 127. The van der Waals surface area contributed by atoms with Gasteiger partial charge < -0.3 is 25.0 Å². The second kappa shape index (κ2) is 11.8. The highest BCUT2D eigenvalue weighted by Crippen LogP contribution is 2.29. The molecule has 2 N–H and O–H groups in total. The fraction of sp³-hybridized carbons (Fsp3) is 0.400. The van der Waals surface area contributed by atoms with Crippen LogP contribution in [0.2, 0.25) is 0 Å². The summed E-state index contributed by atoms with van der Waals surface area (Å²) < 4.78 is 48.7. The zero-order valence-electron chi connectivity index (χ0n) is 17.1. The molecule has 1 unspecified atom stereocenters. The van der Waals surface area contributed by atoms with E-state index in [-0.39, 0.29) is 47.3 Å². The third-order valence-electron chi connectivity index (χ3n) is 4.70. The molecule has 0 amide bonds. The van der Waals surface area contributed by atoms with Gasteiger partial charge >= 0.3 is 6.61 Å². The van der Waals surface area contributed by atoms with Crippen LogP contribution >= 0.6 is 24.0 Å². The first-order valence-corrected chi connectivity index (χ1v) is 9.44. The van der Waals surface area contributed by atoms with Gasteiger partial charge in [0, 0.05) is 38.9 Å². The molecule has 170 valence electrons. The molecule has 0 spiro atoms. The summed E-state index contributed by atoms with van der Waals surface area (Å²) in [6.07, 6.45) is 2.37. The SMILES string of the molecule is CN=C(NCc1ccc(OC)c(OC(F)F)c1)NC1CCN(c2ncccc2F)C1.I. The Morgan fingerprint density at radius 2 is 2.13 bits per heavy atom. The van der Waals surface area contributed by atoms with Crippen LogP contribution in [0.5, 0.6) is 11.5 Å². The van der Waals surface area contributed by atoms with Crippen molar-refractivity contribution < 1.29 is 22.6 Å². The molecule has 11 heteroatoms. The summed E-state index contributed by atoms with van der Waals surface area (Å²) in [6.45, 7) is -1.33. The van der Waals surface area contributed by atoms with Gasteiger partial charge in [-0.3, -0.25) is 4.99 Å². The lowest BCUT2D eigenvalue weighted by Crippen LogP contribution is -2.44. The Bertz CT molecular complexity index is 888.